The average molecular weight is 653 g/mol. The highest BCUT2D eigenvalue weighted by molar-refractivity contribution is 9.10. The molecular weight excluding hydrogens is 632 g/mol. The second-order valence-electron chi connectivity index (χ2n) is 7.10. The second-order valence-corrected chi connectivity index (χ2v) is 9.08. The van der Waals surface area contributed by atoms with E-state index in [4.69, 9.17) is 21.4 Å². The molecule has 4 rings (SSSR count). The summed E-state index contributed by atoms with van der Waals surface area (Å²) in [6.07, 6.45) is 0. The van der Waals surface area contributed by atoms with E-state index in [1.54, 1.807) is 12.1 Å². The lowest BCUT2D eigenvalue weighted by Gasteiger charge is -2.08. The molecule has 4 aromatic carbocycles. The predicted molar refractivity (Wildman–Crippen MR) is 150 cm³/mol. The molecule has 37 heavy (non-hydrogen) atoms. The van der Waals surface area contributed by atoms with Gasteiger partial charge in [-0.25, -0.2) is 0 Å². The Kier molecular flexibility index (Phi) is 12.5. The van der Waals surface area contributed by atoms with Crippen LogP contribution in [-0.2, 0) is 12.5 Å². The molecule has 0 aliphatic carbocycles. The molecule has 0 bridgehead atoms. The first kappa shape index (κ1) is 29.8. The van der Waals surface area contributed by atoms with E-state index in [0.29, 0.717) is 21.4 Å². The van der Waals surface area contributed by atoms with Crippen LogP contribution >= 0.6 is 43.5 Å². The van der Waals surface area contributed by atoms with Gasteiger partial charge >= 0.3 is 11.4 Å². The molecule has 0 aliphatic rings. The molecule has 0 atom stereocenters. The van der Waals surface area contributed by atoms with Crippen molar-refractivity contribution in [2.24, 2.45) is 0 Å². The molecule has 4 aromatic rings. The third kappa shape index (κ3) is 9.83. The van der Waals surface area contributed by atoms with Gasteiger partial charge in [0.15, 0.2) is 0 Å². The standard InChI is InChI=1S/C13H10BrNO3.C7H7Cl.C6H4BrNO3/c14-11-7-4-8-12(15(16)17)13(11)18-9-10-5-2-1-3-6-10;8-6-7-4-2-1-3-5-7;7-4-2-1-3-5(6(4)9)8(10)11/h1-8H,9H2;1-5H,6H2;1-3,9H. The van der Waals surface area contributed by atoms with Crippen LogP contribution in [0.2, 0.25) is 0 Å². The molecule has 0 unspecified atom stereocenters. The Morgan fingerprint density at radius 1 is 0.703 bits per heavy atom. The number of nitro groups is 2. The first-order valence-electron chi connectivity index (χ1n) is 10.6. The smallest absolute Gasteiger partial charge is 0.312 e. The summed E-state index contributed by atoms with van der Waals surface area (Å²) in [6, 6.07) is 28.5. The predicted octanol–water partition coefficient (Wildman–Crippen LogP) is 8.42. The quantitative estimate of drug-likeness (QED) is 0.127. The van der Waals surface area contributed by atoms with Crippen LogP contribution in [0, 0.1) is 20.2 Å². The minimum atomic E-state index is -0.639. The van der Waals surface area contributed by atoms with Gasteiger partial charge in [-0.2, -0.15) is 0 Å². The zero-order valence-corrected chi connectivity index (χ0v) is 23.1. The van der Waals surface area contributed by atoms with Gasteiger partial charge < -0.3 is 9.84 Å². The van der Waals surface area contributed by atoms with Gasteiger partial charge in [0.25, 0.3) is 0 Å². The number of phenolic OH excluding ortho intramolecular Hbond substituents is 1. The topological polar surface area (TPSA) is 116 Å². The van der Waals surface area contributed by atoms with Crippen molar-refractivity contribution in [2.45, 2.75) is 12.5 Å². The van der Waals surface area contributed by atoms with Crippen molar-refractivity contribution in [3.63, 3.8) is 0 Å². The third-order valence-corrected chi connectivity index (χ3v) is 6.10. The van der Waals surface area contributed by atoms with Crippen LogP contribution in [0.3, 0.4) is 0 Å². The maximum atomic E-state index is 10.9. The van der Waals surface area contributed by atoms with Crippen molar-refractivity contribution in [3.8, 4) is 11.5 Å². The lowest BCUT2D eigenvalue weighted by molar-refractivity contribution is -0.386. The van der Waals surface area contributed by atoms with E-state index in [1.807, 2.05) is 60.7 Å². The van der Waals surface area contributed by atoms with Crippen molar-refractivity contribution in [1.29, 1.82) is 0 Å². The van der Waals surface area contributed by atoms with Gasteiger partial charge in [0.1, 0.15) is 6.61 Å². The first-order valence-corrected chi connectivity index (χ1v) is 12.7. The zero-order valence-electron chi connectivity index (χ0n) is 19.2. The Morgan fingerprint density at radius 3 is 1.65 bits per heavy atom. The number of aromatic hydroxyl groups is 1. The van der Waals surface area contributed by atoms with Gasteiger partial charge in [-0.15, -0.1) is 11.6 Å². The van der Waals surface area contributed by atoms with Crippen molar-refractivity contribution < 1.29 is 19.7 Å². The molecule has 0 spiro atoms. The third-order valence-electron chi connectivity index (χ3n) is 4.53. The molecule has 0 aliphatic heterocycles. The Labute approximate surface area is 235 Å². The van der Waals surface area contributed by atoms with Gasteiger partial charge in [0.2, 0.25) is 11.5 Å². The highest BCUT2D eigenvalue weighted by atomic mass is 79.9. The Hall–Kier alpha value is -3.47. The van der Waals surface area contributed by atoms with Gasteiger partial charge in [-0.05, 0) is 55.1 Å². The molecule has 0 amide bonds. The fourth-order valence-corrected chi connectivity index (χ4v) is 3.74. The van der Waals surface area contributed by atoms with E-state index >= 15 is 0 Å². The van der Waals surface area contributed by atoms with Crippen LogP contribution in [0.4, 0.5) is 11.4 Å². The van der Waals surface area contributed by atoms with E-state index in [2.05, 4.69) is 31.9 Å². The van der Waals surface area contributed by atoms with Crippen LogP contribution in [0.25, 0.3) is 0 Å². The summed E-state index contributed by atoms with van der Waals surface area (Å²) in [6.45, 7) is 0.296. The monoisotopic (exact) mass is 650 g/mol. The minimum Gasteiger partial charge on any atom is -0.501 e. The summed E-state index contributed by atoms with van der Waals surface area (Å²) in [4.78, 5) is 20.0. The van der Waals surface area contributed by atoms with Crippen molar-refractivity contribution in [3.05, 3.63) is 137 Å². The van der Waals surface area contributed by atoms with Crippen LogP contribution < -0.4 is 4.74 Å². The van der Waals surface area contributed by atoms with E-state index in [1.165, 1.54) is 29.8 Å². The number of hydrogen-bond acceptors (Lipinski definition) is 6. The van der Waals surface area contributed by atoms with E-state index < -0.39 is 9.85 Å². The Morgan fingerprint density at radius 2 is 1.19 bits per heavy atom. The lowest BCUT2D eigenvalue weighted by Crippen LogP contribution is -1.99. The maximum Gasteiger partial charge on any atom is 0.312 e. The molecular formula is C26H21Br2ClN2O6. The molecule has 0 heterocycles. The highest BCUT2D eigenvalue weighted by Gasteiger charge is 2.17. The number of nitro benzene ring substituents is 2. The Balaban J connectivity index is 0.000000215. The van der Waals surface area contributed by atoms with Crippen molar-refractivity contribution in [1.82, 2.24) is 0 Å². The second kappa shape index (κ2) is 15.6. The summed E-state index contributed by atoms with van der Waals surface area (Å²) >= 11 is 11.7. The number of rotatable bonds is 6. The average Bonchev–Trinajstić information content (AvgIpc) is 2.91. The molecule has 0 saturated carbocycles. The normalized spacial score (nSPS) is 9.70. The largest absolute Gasteiger partial charge is 0.501 e. The van der Waals surface area contributed by atoms with Crippen LogP contribution in [0.1, 0.15) is 11.1 Å². The van der Waals surface area contributed by atoms with Gasteiger partial charge in [-0.1, -0.05) is 72.8 Å². The number of halogens is 3. The Bertz CT molecular complexity index is 1310. The number of para-hydroxylation sites is 2. The van der Waals surface area contributed by atoms with Crippen molar-refractivity contribution >= 4 is 54.8 Å². The lowest BCUT2D eigenvalue weighted by atomic mass is 10.2. The number of alkyl halides is 1. The molecule has 192 valence electrons. The number of nitrogens with zero attached hydrogens (tertiary/aromatic N) is 2. The number of ether oxygens (including phenoxy) is 1. The van der Waals surface area contributed by atoms with Crippen molar-refractivity contribution in [2.75, 3.05) is 0 Å². The molecule has 11 heteroatoms. The summed E-state index contributed by atoms with van der Waals surface area (Å²) in [5.74, 6) is 0.532. The summed E-state index contributed by atoms with van der Waals surface area (Å²) in [5.41, 5.74) is 1.80. The molecule has 1 N–H and O–H groups in total. The highest BCUT2D eigenvalue weighted by Crippen LogP contribution is 2.35. The molecule has 0 fully saturated rings. The molecule has 0 aromatic heterocycles. The van der Waals surface area contributed by atoms with E-state index in [-0.39, 0.29) is 22.9 Å². The number of phenols is 1. The first-order chi connectivity index (χ1) is 17.7. The van der Waals surface area contributed by atoms with Gasteiger partial charge in [-0.3, -0.25) is 20.2 Å². The summed E-state index contributed by atoms with van der Waals surface area (Å²) in [5, 5.41) is 30.2. The SMILES string of the molecule is ClCc1ccccc1.O=[N+]([O-])c1cccc(Br)c1O.O=[N+]([O-])c1cccc(Br)c1OCc1ccccc1. The molecule has 0 saturated heterocycles. The molecule has 8 nitrogen and oxygen atoms in total. The number of benzene rings is 4. The van der Waals surface area contributed by atoms with E-state index in [9.17, 15) is 20.2 Å². The van der Waals surface area contributed by atoms with Gasteiger partial charge in [0.05, 0.1) is 18.8 Å². The fourth-order valence-electron chi connectivity index (χ4n) is 2.73. The zero-order chi connectivity index (χ0) is 27.2. The van der Waals surface area contributed by atoms with Crippen LogP contribution in [-0.4, -0.2) is 15.0 Å². The summed E-state index contributed by atoms with van der Waals surface area (Å²) < 4.78 is 6.43. The summed E-state index contributed by atoms with van der Waals surface area (Å²) in [7, 11) is 0. The van der Waals surface area contributed by atoms with Crippen LogP contribution in [0.15, 0.2) is 106 Å². The number of hydrogen-bond donors (Lipinski definition) is 1. The van der Waals surface area contributed by atoms with Gasteiger partial charge in [0, 0.05) is 18.0 Å². The molecule has 0 radical (unpaired) electrons. The fraction of sp³-hybridized carbons (Fsp3) is 0.0769. The van der Waals surface area contributed by atoms with E-state index in [0.717, 1.165) is 5.56 Å². The maximum absolute atomic E-state index is 10.9. The minimum absolute atomic E-state index is 0.0414. The van der Waals surface area contributed by atoms with Crippen LogP contribution in [0.5, 0.6) is 11.5 Å².